The number of ether oxygens (including phenoxy) is 1. The fourth-order valence-electron chi connectivity index (χ4n) is 4.61. The number of nitrogens with zero attached hydrogens (tertiary/aromatic N) is 2. The highest BCUT2D eigenvalue weighted by Gasteiger charge is 2.60. The van der Waals surface area contributed by atoms with Gasteiger partial charge in [0, 0.05) is 6.07 Å². The van der Waals surface area contributed by atoms with Crippen LogP contribution < -0.4 is 14.7 Å². The van der Waals surface area contributed by atoms with Gasteiger partial charge in [0.1, 0.15) is 11.7 Å². The van der Waals surface area contributed by atoms with Crippen LogP contribution in [-0.4, -0.2) is 35.6 Å². The van der Waals surface area contributed by atoms with Crippen LogP contribution in [0.2, 0.25) is 0 Å². The van der Waals surface area contributed by atoms with Crippen molar-refractivity contribution in [2.75, 3.05) is 16.6 Å². The van der Waals surface area contributed by atoms with E-state index in [0.29, 0.717) is 29.3 Å². The van der Waals surface area contributed by atoms with Crippen molar-refractivity contribution >= 4 is 29.2 Å². The van der Waals surface area contributed by atoms with E-state index in [-0.39, 0.29) is 5.56 Å². The number of rotatable bonds is 6. The molecule has 0 bridgehead atoms. The van der Waals surface area contributed by atoms with E-state index in [1.807, 2.05) is 25.1 Å². The zero-order valence-electron chi connectivity index (χ0n) is 18.3. The average Bonchev–Trinajstić information content (AvgIpc) is 3.36. The van der Waals surface area contributed by atoms with Crippen molar-refractivity contribution in [1.82, 2.24) is 0 Å². The molecule has 0 saturated carbocycles. The molecule has 2 aliphatic heterocycles. The quantitative estimate of drug-likeness (QED) is 0.561. The molecule has 8 heteroatoms. The number of amides is 2. The van der Waals surface area contributed by atoms with Crippen LogP contribution in [0, 0.1) is 5.92 Å². The lowest BCUT2D eigenvalue weighted by atomic mass is 9.88. The minimum Gasteiger partial charge on any atom is -0.494 e. The number of hydrogen-bond donors (Lipinski definition) is 1. The van der Waals surface area contributed by atoms with Crippen molar-refractivity contribution in [1.29, 1.82) is 0 Å². The number of aromatic carboxylic acids is 1. The lowest BCUT2D eigenvalue weighted by molar-refractivity contribution is -0.126. The smallest absolute Gasteiger partial charge is 0.336 e. The largest absolute Gasteiger partial charge is 0.494 e. The van der Waals surface area contributed by atoms with Crippen LogP contribution in [0.15, 0.2) is 78.9 Å². The average molecular weight is 458 g/mol. The van der Waals surface area contributed by atoms with E-state index in [4.69, 9.17) is 9.57 Å². The summed E-state index contributed by atoms with van der Waals surface area (Å²) in [6, 6.07) is 21.5. The minimum atomic E-state index is -1.12. The van der Waals surface area contributed by atoms with Gasteiger partial charge < -0.3 is 9.84 Å². The Morgan fingerprint density at radius 3 is 2.38 bits per heavy atom. The number of imide groups is 1. The zero-order chi connectivity index (χ0) is 23.8. The third kappa shape index (κ3) is 3.48. The molecular formula is C26H22N2O6. The molecule has 3 aromatic rings. The van der Waals surface area contributed by atoms with E-state index in [9.17, 15) is 19.5 Å². The first-order valence-corrected chi connectivity index (χ1v) is 10.9. The molecule has 3 aromatic carbocycles. The molecule has 0 aromatic heterocycles. The number of hydroxylamine groups is 1. The summed E-state index contributed by atoms with van der Waals surface area (Å²) in [5, 5.41) is 11.3. The number of fused-ring (bicyclic) bond motifs is 1. The summed E-state index contributed by atoms with van der Waals surface area (Å²) in [7, 11) is 0. The van der Waals surface area contributed by atoms with Crippen molar-refractivity contribution in [2.45, 2.75) is 19.1 Å². The number of hydrogen-bond acceptors (Lipinski definition) is 6. The van der Waals surface area contributed by atoms with Crippen molar-refractivity contribution in [3.63, 3.8) is 0 Å². The zero-order valence-corrected chi connectivity index (χ0v) is 18.3. The number of carboxylic acid groups (broad SMARTS) is 1. The first-order valence-electron chi connectivity index (χ1n) is 10.9. The van der Waals surface area contributed by atoms with Crippen molar-refractivity contribution in [3.05, 3.63) is 90.0 Å². The van der Waals surface area contributed by atoms with Crippen LogP contribution in [0.4, 0.5) is 11.4 Å². The van der Waals surface area contributed by atoms with Crippen LogP contribution in [0.1, 0.15) is 28.9 Å². The normalized spacial score (nSPS) is 21.6. The van der Waals surface area contributed by atoms with E-state index in [1.54, 1.807) is 54.6 Å². The van der Waals surface area contributed by atoms with Crippen molar-refractivity contribution in [3.8, 4) is 5.75 Å². The predicted molar refractivity (Wildman–Crippen MR) is 124 cm³/mol. The van der Waals surface area contributed by atoms with Gasteiger partial charge in [-0.2, -0.15) is 0 Å². The number of carboxylic acids is 1. The van der Waals surface area contributed by atoms with Gasteiger partial charge in [-0.25, -0.2) is 14.8 Å². The Labute approximate surface area is 195 Å². The van der Waals surface area contributed by atoms with E-state index in [2.05, 4.69) is 0 Å². The SMILES string of the molecule is CCOc1cccc(N2C(=O)[C@@H]3[C@H](ON(c4ccccc4)[C@@H]3c3ccccc3C(=O)O)C2=O)c1. The fourth-order valence-corrected chi connectivity index (χ4v) is 4.61. The Morgan fingerprint density at radius 2 is 1.65 bits per heavy atom. The lowest BCUT2D eigenvalue weighted by Crippen LogP contribution is -2.37. The van der Waals surface area contributed by atoms with Crippen molar-refractivity contribution < 1.29 is 29.1 Å². The highest BCUT2D eigenvalue weighted by Crippen LogP contribution is 2.48. The molecule has 34 heavy (non-hydrogen) atoms. The number of benzene rings is 3. The van der Waals surface area contributed by atoms with Gasteiger partial charge in [0.2, 0.25) is 5.91 Å². The van der Waals surface area contributed by atoms with E-state index < -0.39 is 35.8 Å². The molecule has 2 heterocycles. The Balaban J connectivity index is 1.60. The van der Waals surface area contributed by atoms with Crippen LogP contribution >= 0.6 is 0 Å². The molecule has 2 fully saturated rings. The summed E-state index contributed by atoms with van der Waals surface area (Å²) in [4.78, 5) is 46.4. The standard InChI is InChI=1S/C26H22N2O6/c1-2-33-18-12-8-11-17(15-18)27-24(29)21-22(19-13-6-7-14-20(19)26(31)32)28(34-23(21)25(27)30)16-9-4-3-5-10-16/h3-15,21-23H,2H2,1H3,(H,31,32)/t21-,22+,23-/m0/s1. The second kappa shape index (κ2) is 8.64. The molecule has 0 radical (unpaired) electrons. The summed E-state index contributed by atoms with van der Waals surface area (Å²) in [6.07, 6.45) is -1.09. The first-order chi connectivity index (χ1) is 16.5. The first kappa shape index (κ1) is 21.7. The summed E-state index contributed by atoms with van der Waals surface area (Å²) >= 11 is 0. The van der Waals surface area contributed by atoms with Crippen LogP contribution in [0.5, 0.6) is 5.75 Å². The Bertz CT molecular complexity index is 1260. The van der Waals surface area contributed by atoms with Crippen LogP contribution in [0.3, 0.4) is 0 Å². The molecule has 5 rings (SSSR count). The maximum Gasteiger partial charge on any atom is 0.336 e. The molecule has 2 aliphatic rings. The summed E-state index contributed by atoms with van der Waals surface area (Å²) in [5.74, 6) is -2.46. The predicted octanol–water partition coefficient (Wildman–Crippen LogP) is 3.83. The Morgan fingerprint density at radius 1 is 0.941 bits per heavy atom. The number of carbonyl (C=O) groups is 3. The van der Waals surface area contributed by atoms with E-state index >= 15 is 0 Å². The minimum absolute atomic E-state index is 0.0507. The van der Waals surface area contributed by atoms with Gasteiger partial charge in [0.05, 0.1) is 29.6 Å². The third-order valence-corrected chi connectivity index (χ3v) is 6.02. The molecule has 3 atom stereocenters. The second-order valence-electron chi connectivity index (χ2n) is 7.99. The van der Waals surface area contributed by atoms with Crippen LogP contribution in [-0.2, 0) is 14.4 Å². The van der Waals surface area contributed by atoms with Gasteiger partial charge in [-0.3, -0.25) is 14.4 Å². The summed E-state index contributed by atoms with van der Waals surface area (Å²) < 4.78 is 5.52. The molecule has 172 valence electrons. The monoisotopic (exact) mass is 458 g/mol. The van der Waals surface area contributed by atoms with E-state index in [1.165, 1.54) is 11.1 Å². The third-order valence-electron chi connectivity index (χ3n) is 6.02. The van der Waals surface area contributed by atoms with Gasteiger partial charge >= 0.3 is 5.97 Å². The lowest BCUT2D eigenvalue weighted by Gasteiger charge is -2.29. The van der Waals surface area contributed by atoms with Gasteiger partial charge in [-0.1, -0.05) is 42.5 Å². The maximum absolute atomic E-state index is 13.7. The van der Waals surface area contributed by atoms with Gasteiger partial charge in [0.25, 0.3) is 5.91 Å². The van der Waals surface area contributed by atoms with Crippen LogP contribution in [0.25, 0.3) is 0 Å². The number of para-hydroxylation sites is 1. The summed E-state index contributed by atoms with van der Waals surface area (Å²) in [6.45, 7) is 2.29. The molecule has 2 amide bonds. The van der Waals surface area contributed by atoms with Gasteiger partial charge in [-0.05, 0) is 42.8 Å². The molecule has 0 spiro atoms. The molecular weight excluding hydrogens is 436 g/mol. The van der Waals surface area contributed by atoms with Gasteiger partial charge in [0.15, 0.2) is 6.10 Å². The fraction of sp³-hybridized carbons (Fsp3) is 0.192. The Kier molecular flexibility index (Phi) is 5.51. The van der Waals surface area contributed by atoms with E-state index in [0.717, 1.165) is 4.90 Å². The molecule has 2 saturated heterocycles. The number of carbonyl (C=O) groups excluding carboxylic acids is 2. The maximum atomic E-state index is 13.7. The number of anilines is 2. The highest BCUT2D eigenvalue weighted by atomic mass is 16.7. The topological polar surface area (TPSA) is 96.4 Å². The van der Waals surface area contributed by atoms with Crippen molar-refractivity contribution in [2.24, 2.45) is 5.92 Å². The second-order valence-corrected chi connectivity index (χ2v) is 7.99. The Hall–Kier alpha value is -4.17. The summed E-state index contributed by atoms with van der Waals surface area (Å²) in [5.41, 5.74) is 1.45. The molecule has 0 aliphatic carbocycles. The highest BCUT2D eigenvalue weighted by molar-refractivity contribution is 6.24. The molecule has 1 N–H and O–H groups in total. The molecule has 0 unspecified atom stereocenters. The molecule has 8 nitrogen and oxygen atoms in total. The van der Waals surface area contributed by atoms with Gasteiger partial charge in [-0.15, -0.1) is 0 Å².